The summed E-state index contributed by atoms with van der Waals surface area (Å²) in [5.74, 6) is -0.553. The lowest BCUT2D eigenvalue weighted by Crippen LogP contribution is -2.36. The van der Waals surface area contributed by atoms with Gasteiger partial charge in [0.1, 0.15) is 0 Å². The number of pyridine rings is 1. The summed E-state index contributed by atoms with van der Waals surface area (Å²) in [4.78, 5) is 32.3. The van der Waals surface area contributed by atoms with Gasteiger partial charge in [0.15, 0.2) is 0 Å². The minimum Gasteiger partial charge on any atom is -0.338 e. The summed E-state index contributed by atoms with van der Waals surface area (Å²) in [5.41, 5.74) is 2.51. The number of rotatable bonds is 5. The molecule has 0 radical (unpaired) electrons. The zero-order valence-electron chi connectivity index (χ0n) is 21.4. The molecule has 0 bridgehead atoms. The first-order chi connectivity index (χ1) is 18.6. The number of aryl methyl sites for hydroxylation is 1. The van der Waals surface area contributed by atoms with Gasteiger partial charge in [-0.15, -0.1) is 0 Å². The molecule has 4 aromatic rings. The van der Waals surface area contributed by atoms with Gasteiger partial charge >= 0.3 is 6.18 Å². The largest absolute Gasteiger partial charge is 0.417 e. The fourth-order valence-electron chi connectivity index (χ4n) is 4.72. The zero-order valence-corrected chi connectivity index (χ0v) is 21.4. The Morgan fingerprint density at radius 1 is 1.05 bits per heavy atom. The maximum absolute atomic E-state index is 13.8. The van der Waals surface area contributed by atoms with E-state index in [2.05, 4.69) is 10.4 Å². The Morgan fingerprint density at radius 3 is 2.49 bits per heavy atom. The van der Waals surface area contributed by atoms with Gasteiger partial charge in [-0.1, -0.05) is 37.3 Å². The van der Waals surface area contributed by atoms with Crippen molar-refractivity contribution in [2.45, 2.75) is 32.5 Å². The molecule has 0 spiro atoms. The van der Waals surface area contributed by atoms with E-state index in [0.717, 1.165) is 29.0 Å². The molecular formula is C29H26F3N5O2. The van der Waals surface area contributed by atoms with Crippen LogP contribution in [0.4, 0.5) is 18.9 Å². The van der Waals surface area contributed by atoms with Gasteiger partial charge in [-0.2, -0.15) is 18.3 Å². The summed E-state index contributed by atoms with van der Waals surface area (Å²) in [6, 6.07) is 15.9. The number of fused-ring (bicyclic) bond motifs is 1. The van der Waals surface area contributed by atoms with Crippen LogP contribution in [0.25, 0.3) is 22.5 Å². The van der Waals surface area contributed by atoms with Gasteiger partial charge in [0, 0.05) is 61.6 Å². The second-order valence-corrected chi connectivity index (χ2v) is 9.36. The highest BCUT2D eigenvalue weighted by molar-refractivity contribution is 6.06. The SMILES string of the molecule is CCC(=O)N1CCc2nc(-c3ccccc3)c(NC(=O)c3ccc(C(F)(F)F)c(-c4ccn(C)n4)c3)cc2C1. The standard InChI is InChI=1S/C29H26F3N5O2/c1-3-26(38)37-14-12-23-20(17-37)16-25(27(33-23)18-7-5-4-6-8-18)34-28(39)19-9-10-22(29(30,31)32)21(15-19)24-11-13-36(2)35-24/h4-11,13,15-16H,3,12,14,17H2,1-2H3,(H,34,39). The van der Waals surface area contributed by atoms with Gasteiger partial charge < -0.3 is 10.2 Å². The molecule has 1 N–H and O–H groups in total. The number of alkyl halides is 3. The van der Waals surface area contributed by atoms with Crippen LogP contribution in [0.5, 0.6) is 0 Å². The Hall–Kier alpha value is -4.47. The Morgan fingerprint density at radius 2 is 1.82 bits per heavy atom. The highest BCUT2D eigenvalue weighted by atomic mass is 19.4. The molecule has 0 atom stereocenters. The molecule has 7 nitrogen and oxygen atoms in total. The van der Waals surface area contributed by atoms with Crippen LogP contribution in [0.15, 0.2) is 66.9 Å². The van der Waals surface area contributed by atoms with E-state index in [-0.39, 0.29) is 22.7 Å². The summed E-state index contributed by atoms with van der Waals surface area (Å²) in [5, 5.41) is 6.98. The van der Waals surface area contributed by atoms with Crippen molar-refractivity contribution in [1.29, 1.82) is 0 Å². The van der Waals surface area contributed by atoms with Crippen LogP contribution in [0.2, 0.25) is 0 Å². The van der Waals surface area contributed by atoms with Crippen molar-refractivity contribution in [1.82, 2.24) is 19.7 Å². The monoisotopic (exact) mass is 533 g/mol. The summed E-state index contributed by atoms with van der Waals surface area (Å²) >= 11 is 0. The lowest BCUT2D eigenvalue weighted by Gasteiger charge is -2.29. The fraction of sp³-hybridized carbons (Fsp3) is 0.241. The Kier molecular flexibility index (Phi) is 6.94. The van der Waals surface area contributed by atoms with E-state index in [4.69, 9.17) is 4.98 Å². The number of hydrogen-bond donors (Lipinski definition) is 1. The Labute approximate surface area is 223 Å². The van der Waals surface area contributed by atoms with Crippen LogP contribution < -0.4 is 5.32 Å². The maximum Gasteiger partial charge on any atom is 0.417 e. The van der Waals surface area contributed by atoms with E-state index in [1.807, 2.05) is 37.3 Å². The van der Waals surface area contributed by atoms with E-state index >= 15 is 0 Å². The molecule has 5 rings (SSSR count). The van der Waals surface area contributed by atoms with Crippen molar-refractivity contribution in [2.75, 3.05) is 11.9 Å². The number of anilines is 1. The quantitative estimate of drug-likeness (QED) is 0.356. The number of hydrogen-bond acceptors (Lipinski definition) is 4. The first-order valence-electron chi connectivity index (χ1n) is 12.5. The molecule has 2 amide bonds. The molecule has 0 fully saturated rings. The number of halogens is 3. The Balaban J connectivity index is 1.54. The molecule has 3 heterocycles. The fourth-order valence-corrected chi connectivity index (χ4v) is 4.72. The molecule has 0 unspecified atom stereocenters. The average molecular weight is 534 g/mol. The van der Waals surface area contributed by atoms with Crippen LogP contribution in [0.3, 0.4) is 0 Å². The lowest BCUT2D eigenvalue weighted by atomic mass is 9.99. The molecular weight excluding hydrogens is 507 g/mol. The summed E-state index contributed by atoms with van der Waals surface area (Å²) < 4.78 is 42.7. The van der Waals surface area contributed by atoms with E-state index < -0.39 is 17.6 Å². The predicted octanol–water partition coefficient (Wildman–Crippen LogP) is 5.71. The van der Waals surface area contributed by atoms with Crippen LogP contribution in [-0.2, 0) is 31.0 Å². The van der Waals surface area contributed by atoms with E-state index in [1.54, 1.807) is 24.2 Å². The second-order valence-electron chi connectivity index (χ2n) is 9.36. The van der Waals surface area contributed by atoms with Crippen LogP contribution in [0, 0.1) is 0 Å². The molecule has 2 aromatic carbocycles. The molecule has 1 aliphatic rings. The third-order valence-electron chi connectivity index (χ3n) is 6.70. The van der Waals surface area contributed by atoms with Gasteiger partial charge in [-0.3, -0.25) is 19.3 Å². The number of amides is 2. The van der Waals surface area contributed by atoms with Crippen molar-refractivity contribution < 1.29 is 22.8 Å². The number of aromatic nitrogens is 3. The molecule has 2 aromatic heterocycles. The molecule has 10 heteroatoms. The lowest BCUT2D eigenvalue weighted by molar-refractivity contribution is -0.137. The molecule has 39 heavy (non-hydrogen) atoms. The van der Waals surface area contributed by atoms with Gasteiger partial charge in [-0.25, -0.2) is 0 Å². The summed E-state index contributed by atoms with van der Waals surface area (Å²) in [6.07, 6.45) is -2.10. The van der Waals surface area contributed by atoms with Gasteiger partial charge in [0.05, 0.1) is 22.6 Å². The normalized spacial score (nSPS) is 13.2. The van der Waals surface area contributed by atoms with Crippen LogP contribution in [0.1, 0.15) is 40.5 Å². The minimum atomic E-state index is -4.62. The molecule has 0 saturated heterocycles. The van der Waals surface area contributed by atoms with Gasteiger partial charge in [0.25, 0.3) is 5.91 Å². The van der Waals surface area contributed by atoms with Crippen molar-refractivity contribution in [2.24, 2.45) is 7.05 Å². The third-order valence-corrected chi connectivity index (χ3v) is 6.70. The van der Waals surface area contributed by atoms with Crippen molar-refractivity contribution in [3.63, 3.8) is 0 Å². The first-order valence-corrected chi connectivity index (χ1v) is 12.5. The van der Waals surface area contributed by atoms with Gasteiger partial charge in [-0.05, 0) is 35.9 Å². The minimum absolute atomic E-state index is 0.0326. The number of nitrogens with one attached hydrogen (secondary N) is 1. The van der Waals surface area contributed by atoms with E-state index in [9.17, 15) is 22.8 Å². The molecule has 0 saturated carbocycles. The van der Waals surface area contributed by atoms with E-state index in [1.165, 1.54) is 16.8 Å². The number of nitrogens with zero attached hydrogens (tertiary/aromatic N) is 4. The number of carbonyl (C=O) groups excluding carboxylic acids is 2. The zero-order chi connectivity index (χ0) is 27.7. The predicted molar refractivity (Wildman–Crippen MR) is 141 cm³/mol. The molecule has 1 aliphatic heterocycles. The van der Waals surface area contributed by atoms with Crippen molar-refractivity contribution in [3.05, 3.63) is 89.2 Å². The smallest absolute Gasteiger partial charge is 0.338 e. The maximum atomic E-state index is 13.8. The first kappa shape index (κ1) is 26.1. The molecule has 200 valence electrons. The van der Waals surface area contributed by atoms with Gasteiger partial charge in [0.2, 0.25) is 5.91 Å². The Bertz CT molecular complexity index is 1550. The van der Waals surface area contributed by atoms with Crippen LogP contribution >= 0.6 is 0 Å². The third kappa shape index (κ3) is 5.41. The second kappa shape index (κ2) is 10.4. The average Bonchev–Trinajstić information content (AvgIpc) is 3.37. The highest BCUT2D eigenvalue weighted by Gasteiger charge is 2.35. The number of carbonyl (C=O) groups is 2. The van der Waals surface area contributed by atoms with Crippen molar-refractivity contribution >= 4 is 17.5 Å². The van der Waals surface area contributed by atoms with E-state index in [0.29, 0.717) is 37.3 Å². The highest BCUT2D eigenvalue weighted by Crippen LogP contribution is 2.37. The number of benzene rings is 2. The summed E-state index contributed by atoms with van der Waals surface area (Å²) in [6.45, 7) is 2.75. The van der Waals surface area contributed by atoms with Crippen LogP contribution in [-0.4, -0.2) is 38.0 Å². The topological polar surface area (TPSA) is 80.1 Å². The van der Waals surface area contributed by atoms with Crippen molar-refractivity contribution in [3.8, 4) is 22.5 Å². The summed E-state index contributed by atoms with van der Waals surface area (Å²) in [7, 11) is 1.61. The molecule has 0 aliphatic carbocycles.